The zero-order valence-electron chi connectivity index (χ0n) is 14.7. The summed E-state index contributed by atoms with van der Waals surface area (Å²) in [5, 5.41) is 16.2. The smallest absolute Gasteiger partial charge is 0.264 e. The third kappa shape index (κ3) is 2.40. The van der Waals surface area contributed by atoms with Crippen molar-refractivity contribution in [2.75, 3.05) is 6.54 Å². The van der Waals surface area contributed by atoms with E-state index >= 15 is 0 Å². The first-order chi connectivity index (χ1) is 12.6. The van der Waals surface area contributed by atoms with Gasteiger partial charge < -0.3 is 10.0 Å². The maximum Gasteiger partial charge on any atom is 0.264 e. The molecular weight excluding hydrogens is 346 g/mol. The van der Waals surface area contributed by atoms with Crippen molar-refractivity contribution in [3.63, 3.8) is 0 Å². The van der Waals surface area contributed by atoms with E-state index in [1.54, 1.807) is 0 Å². The fourth-order valence-electron chi connectivity index (χ4n) is 4.13. The van der Waals surface area contributed by atoms with Crippen molar-refractivity contribution in [1.82, 2.24) is 14.7 Å². The largest absolute Gasteiger partial charge is 0.388 e. The van der Waals surface area contributed by atoms with Crippen LogP contribution >= 0.6 is 11.3 Å². The SMILES string of the molecule is Cn1nc(-c2ccccc2)c2cc(C(=O)N3CCCC3C3(O)CC3)sc21. The number of aryl methyl sites for hydroxylation is 1. The highest BCUT2D eigenvalue weighted by molar-refractivity contribution is 7.20. The first kappa shape index (κ1) is 16.0. The van der Waals surface area contributed by atoms with Crippen LogP contribution in [0.1, 0.15) is 35.4 Å². The highest BCUT2D eigenvalue weighted by Gasteiger charge is 2.52. The molecule has 1 aromatic carbocycles. The van der Waals surface area contributed by atoms with Crippen LogP contribution in [0.2, 0.25) is 0 Å². The number of thiophene rings is 1. The second kappa shape index (κ2) is 5.66. The summed E-state index contributed by atoms with van der Waals surface area (Å²) in [6, 6.07) is 12.0. The lowest BCUT2D eigenvalue weighted by molar-refractivity contribution is 0.0390. The van der Waals surface area contributed by atoms with Crippen LogP contribution in [0.5, 0.6) is 0 Å². The number of aliphatic hydroxyl groups is 1. The number of hydrogen-bond acceptors (Lipinski definition) is 4. The van der Waals surface area contributed by atoms with Crippen LogP contribution in [0.4, 0.5) is 0 Å². The van der Waals surface area contributed by atoms with Crippen molar-refractivity contribution in [1.29, 1.82) is 0 Å². The molecule has 0 bridgehead atoms. The van der Waals surface area contributed by atoms with Gasteiger partial charge in [-0.05, 0) is 31.7 Å². The second-order valence-corrected chi connectivity index (χ2v) is 8.46. The van der Waals surface area contributed by atoms with E-state index in [0.717, 1.165) is 58.6 Å². The first-order valence-electron chi connectivity index (χ1n) is 9.12. The molecule has 2 fully saturated rings. The Bertz CT molecular complexity index is 987. The summed E-state index contributed by atoms with van der Waals surface area (Å²) >= 11 is 1.50. The van der Waals surface area contributed by atoms with Crippen LogP contribution in [-0.4, -0.2) is 43.9 Å². The molecule has 0 radical (unpaired) electrons. The molecular formula is C20H21N3O2S. The Morgan fingerprint density at radius 2 is 2.08 bits per heavy atom. The molecule has 6 heteroatoms. The number of amides is 1. The highest BCUT2D eigenvalue weighted by atomic mass is 32.1. The second-order valence-electron chi connectivity index (χ2n) is 7.43. The third-order valence-electron chi connectivity index (χ3n) is 5.67. The number of likely N-dealkylation sites (tertiary alicyclic amines) is 1. The number of carbonyl (C=O) groups excluding carboxylic acids is 1. The molecule has 3 heterocycles. The van der Waals surface area contributed by atoms with Gasteiger partial charge in [0.25, 0.3) is 5.91 Å². The Labute approximate surface area is 155 Å². The number of benzene rings is 1. The number of aromatic nitrogens is 2. The maximum absolute atomic E-state index is 13.2. The van der Waals surface area contributed by atoms with E-state index in [4.69, 9.17) is 0 Å². The number of rotatable bonds is 3. The molecule has 1 aliphatic heterocycles. The monoisotopic (exact) mass is 367 g/mol. The molecule has 1 amide bonds. The number of nitrogens with zero attached hydrogens (tertiary/aromatic N) is 3. The van der Waals surface area contributed by atoms with Crippen LogP contribution in [0, 0.1) is 0 Å². The summed E-state index contributed by atoms with van der Waals surface area (Å²) in [4.78, 5) is 16.8. The van der Waals surface area contributed by atoms with Crippen LogP contribution in [-0.2, 0) is 7.05 Å². The molecule has 5 nitrogen and oxygen atoms in total. The van der Waals surface area contributed by atoms with Gasteiger partial charge in [0, 0.05) is 24.5 Å². The lowest BCUT2D eigenvalue weighted by Gasteiger charge is -2.28. The molecule has 0 spiro atoms. The zero-order chi connectivity index (χ0) is 17.9. The van der Waals surface area contributed by atoms with E-state index in [1.807, 2.05) is 53.0 Å². The Morgan fingerprint density at radius 1 is 1.31 bits per heavy atom. The average molecular weight is 367 g/mol. The normalized spacial score (nSPS) is 21.5. The first-order valence-corrected chi connectivity index (χ1v) is 9.94. The summed E-state index contributed by atoms with van der Waals surface area (Å²) in [5.41, 5.74) is 1.33. The predicted molar refractivity (Wildman–Crippen MR) is 102 cm³/mol. The van der Waals surface area contributed by atoms with Gasteiger partial charge >= 0.3 is 0 Å². The summed E-state index contributed by atoms with van der Waals surface area (Å²) in [6.45, 7) is 0.740. The quantitative estimate of drug-likeness (QED) is 0.772. The van der Waals surface area contributed by atoms with Gasteiger partial charge in [-0.15, -0.1) is 11.3 Å². The van der Waals surface area contributed by atoms with Gasteiger partial charge in [0.15, 0.2) is 0 Å². The average Bonchev–Trinajstić information content (AvgIpc) is 3.07. The summed E-state index contributed by atoms with van der Waals surface area (Å²) < 4.78 is 1.86. The molecule has 1 aliphatic carbocycles. The van der Waals surface area contributed by atoms with Crippen molar-refractivity contribution < 1.29 is 9.90 Å². The van der Waals surface area contributed by atoms with Gasteiger partial charge in [0.1, 0.15) is 10.5 Å². The molecule has 134 valence electrons. The van der Waals surface area contributed by atoms with E-state index in [2.05, 4.69) is 5.10 Å². The molecule has 5 rings (SSSR count). The van der Waals surface area contributed by atoms with Crippen LogP contribution < -0.4 is 0 Å². The standard InChI is InChI=1S/C20H21N3O2S/c1-22-19-14(17(21-22)13-6-3-2-4-7-13)12-15(26-19)18(24)23-11-5-8-16(23)20(25)9-10-20/h2-4,6-7,12,16,25H,5,8-11H2,1H3. The van der Waals surface area contributed by atoms with Crippen molar-refractivity contribution in [3.05, 3.63) is 41.3 Å². The summed E-state index contributed by atoms with van der Waals surface area (Å²) in [7, 11) is 1.92. The Kier molecular flexibility index (Phi) is 3.49. The maximum atomic E-state index is 13.2. The van der Waals surface area contributed by atoms with Gasteiger partial charge in [0.2, 0.25) is 0 Å². The van der Waals surface area contributed by atoms with Gasteiger partial charge in [-0.1, -0.05) is 30.3 Å². The molecule has 26 heavy (non-hydrogen) atoms. The van der Waals surface area contributed by atoms with Crippen LogP contribution in [0.25, 0.3) is 21.5 Å². The fraction of sp³-hybridized carbons (Fsp3) is 0.400. The number of fused-ring (bicyclic) bond motifs is 1. The van der Waals surface area contributed by atoms with E-state index in [-0.39, 0.29) is 11.9 Å². The van der Waals surface area contributed by atoms with Gasteiger partial charge in [-0.3, -0.25) is 9.48 Å². The van der Waals surface area contributed by atoms with E-state index in [0.29, 0.717) is 0 Å². The minimum Gasteiger partial charge on any atom is -0.388 e. The minimum atomic E-state index is -0.639. The molecule has 2 aliphatic rings. The Morgan fingerprint density at radius 3 is 2.81 bits per heavy atom. The number of carbonyl (C=O) groups is 1. The molecule has 1 N–H and O–H groups in total. The summed E-state index contributed by atoms with van der Waals surface area (Å²) in [6.07, 6.45) is 3.51. The van der Waals surface area contributed by atoms with Gasteiger partial charge in [-0.25, -0.2) is 0 Å². The van der Waals surface area contributed by atoms with Gasteiger partial charge in [0.05, 0.1) is 16.5 Å². The van der Waals surface area contributed by atoms with E-state index < -0.39 is 5.60 Å². The lowest BCUT2D eigenvalue weighted by Crippen LogP contribution is -2.43. The molecule has 1 atom stereocenters. The van der Waals surface area contributed by atoms with E-state index in [9.17, 15) is 9.90 Å². The van der Waals surface area contributed by atoms with Crippen LogP contribution in [0.3, 0.4) is 0 Å². The highest BCUT2D eigenvalue weighted by Crippen LogP contribution is 2.45. The van der Waals surface area contributed by atoms with E-state index in [1.165, 1.54) is 11.3 Å². The minimum absolute atomic E-state index is 0.0214. The van der Waals surface area contributed by atoms with Crippen molar-refractivity contribution >= 4 is 27.5 Å². The topological polar surface area (TPSA) is 58.4 Å². The molecule has 3 aromatic rings. The Balaban J connectivity index is 1.53. The lowest BCUT2D eigenvalue weighted by atomic mass is 10.1. The van der Waals surface area contributed by atoms with Crippen molar-refractivity contribution in [3.8, 4) is 11.3 Å². The van der Waals surface area contributed by atoms with Crippen molar-refractivity contribution in [2.45, 2.75) is 37.3 Å². The molecule has 1 unspecified atom stereocenters. The predicted octanol–water partition coefficient (Wildman–Crippen LogP) is 3.43. The van der Waals surface area contributed by atoms with Crippen LogP contribution in [0.15, 0.2) is 36.4 Å². The fourth-order valence-corrected chi connectivity index (χ4v) is 5.15. The molecule has 1 saturated carbocycles. The molecule has 1 saturated heterocycles. The van der Waals surface area contributed by atoms with Gasteiger partial charge in [-0.2, -0.15) is 5.10 Å². The third-order valence-corrected chi connectivity index (χ3v) is 6.86. The summed E-state index contributed by atoms with van der Waals surface area (Å²) in [5.74, 6) is 0.0491. The zero-order valence-corrected chi connectivity index (χ0v) is 15.5. The van der Waals surface area contributed by atoms with Crippen molar-refractivity contribution in [2.24, 2.45) is 7.05 Å². The number of hydrogen-bond donors (Lipinski definition) is 1. The molecule has 2 aromatic heterocycles. The Hall–Kier alpha value is -2.18.